The van der Waals surface area contributed by atoms with Gasteiger partial charge in [-0.15, -0.1) is 0 Å². The van der Waals surface area contributed by atoms with E-state index in [2.05, 4.69) is 81.4 Å². The summed E-state index contributed by atoms with van der Waals surface area (Å²) < 4.78 is 0. The quantitative estimate of drug-likeness (QED) is 0.352. The van der Waals surface area contributed by atoms with Crippen molar-refractivity contribution in [2.24, 2.45) is 10.2 Å². The van der Waals surface area contributed by atoms with Gasteiger partial charge in [0.25, 0.3) is 0 Å². The minimum absolute atomic E-state index is 0.436. The molecule has 0 saturated heterocycles. The van der Waals surface area contributed by atoms with Crippen LogP contribution in [0.15, 0.2) is 46.6 Å². The van der Waals surface area contributed by atoms with Gasteiger partial charge in [0.15, 0.2) is 0 Å². The first-order chi connectivity index (χ1) is 12.9. The molecule has 27 heavy (non-hydrogen) atoms. The summed E-state index contributed by atoms with van der Waals surface area (Å²) in [6.07, 6.45) is 3.72. The maximum absolute atomic E-state index is 4.54. The second-order valence-electron chi connectivity index (χ2n) is 7.98. The van der Waals surface area contributed by atoms with E-state index < -0.39 is 0 Å². The van der Waals surface area contributed by atoms with Gasteiger partial charge in [-0.1, -0.05) is 65.2 Å². The first-order valence-electron chi connectivity index (χ1n) is 10.3. The number of hydrogen-bond donors (Lipinski definition) is 1. The van der Waals surface area contributed by atoms with Crippen LogP contribution in [0.1, 0.15) is 82.4 Å². The molecule has 0 atom stereocenters. The Morgan fingerprint density at radius 2 is 1.37 bits per heavy atom. The van der Waals surface area contributed by atoms with Crippen LogP contribution in [0, 0.1) is 6.92 Å². The van der Waals surface area contributed by atoms with Gasteiger partial charge in [-0.2, -0.15) is 10.2 Å². The van der Waals surface area contributed by atoms with E-state index in [9.17, 15) is 0 Å². The van der Waals surface area contributed by atoms with Gasteiger partial charge in [-0.25, -0.2) is 0 Å². The van der Waals surface area contributed by atoms with Crippen molar-refractivity contribution < 1.29 is 0 Å². The van der Waals surface area contributed by atoms with Crippen LogP contribution in [-0.4, -0.2) is 6.54 Å². The second kappa shape index (κ2) is 10.2. The van der Waals surface area contributed by atoms with Gasteiger partial charge in [0.2, 0.25) is 0 Å². The van der Waals surface area contributed by atoms with Crippen LogP contribution < -0.4 is 5.32 Å². The zero-order chi connectivity index (χ0) is 19.8. The van der Waals surface area contributed by atoms with Crippen molar-refractivity contribution in [1.82, 2.24) is 0 Å². The first kappa shape index (κ1) is 21.1. The highest BCUT2D eigenvalue weighted by atomic mass is 15.1. The Hall–Kier alpha value is -2.16. The lowest BCUT2D eigenvalue weighted by Crippen LogP contribution is -2.09. The Morgan fingerprint density at radius 1 is 0.815 bits per heavy atom. The zero-order valence-electron chi connectivity index (χ0n) is 17.8. The van der Waals surface area contributed by atoms with Crippen molar-refractivity contribution in [3.63, 3.8) is 0 Å². The van der Waals surface area contributed by atoms with Gasteiger partial charge in [0.05, 0.1) is 11.4 Å². The fourth-order valence-corrected chi connectivity index (χ4v) is 3.16. The van der Waals surface area contributed by atoms with Crippen LogP contribution in [0.3, 0.4) is 0 Å². The number of azo groups is 1. The van der Waals surface area contributed by atoms with Crippen LogP contribution >= 0.6 is 0 Å². The summed E-state index contributed by atoms with van der Waals surface area (Å²) in [5.41, 5.74) is 7.01. The molecule has 0 heterocycles. The van der Waals surface area contributed by atoms with E-state index in [4.69, 9.17) is 0 Å². The molecule has 0 radical (unpaired) electrons. The molecule has 146 valence electrons. The van der Waals surface area contributed by atoms with E-state index in [0.717, 1.165) is 17.9 Å². The minimum Gasteiger partial charge on any atom is -0.385 e. The van der Waals surface area contributed by atoms with Crippen molar-refractivity contribution in [3.8, 4) is 0 Å². The van der Waals surface area contributed by atoms with Gasteiger partial charge >= 0.3 is 0 Å². The van der Waals surface area contributed by atoms with Gasteiger partial charge in [-0.05, 0) is 60.6 Å². The lowest BCUT2D eigenvalue weighted by Gasteiger charge is -2.21. The fraction of sp³-hybridized carbons (Fsp3) is 0.500. The molecule has 0 unspecified atom stereocenters. The Kier molecular flexibility index (Phi) is 8.02. The molecule has 2 aromatic carbocycles. The molecular weight excluding hydrogens is 330 g/mol. The number of nitrogens with zero attached hydrogens (tertiary/aromatic N) is 2. The standard InChI is InChI=1S/C24H35N3/c1-7-8-9-14-25-24-22(17(2)3)15-21(16-23(24)18(4)5)27-26-20-12-10-19(6)11-13-20/h10-13,15-18,25H,7-9,14H2,1-6H3. The van der Waals surface area contributed by atoms with E-state index in [1.54, 1.807) is 0 Å². The van der Waals surface area contributed by atoms with Gasteiger partial charge in [0.1, 0.15) is 0 Å². The molecular formula is C24H35N3. The van der Waals surface area contributed by atoms with E-state index >= 15 is 0 Å². The summed E-state index contributed by atoms with van der Waals surface area (Å²) in [5.74, 6) is 0.872. The molecule has 3 nitrogen and oxygen atoms in total. The summed E-state index contributed by atoms with van der Waals surface area (Å²) in [5, 5.41) is 12.7. The van der Waals surface area contributed by atoms with Crippen LogP contribution in [0.4, 0.5) is 17.1 Å². The molecule has 0 aromatic heterocycles. The van der Waals surface area contributed by atoms with Crippen LogP contribution in [0.2, 0.25) is 0 Å². The van der Waals surface area contributed by atoms with Crippen molar-refractivity contribution in [3.05, 3.63) is 53.1 Å². The third kappa shape index (κ3) is 6.20. The Morgan fingerprint density at radius 3 is 1.89 bits per heavy atom. The average molecular weight is 366 g/mol. The number of rotatable bonds is 9. The van der Waals surface area contributed by atoms with Gasteiger partial charge in [0, 0.05) is 12.2 Å². The molecule has 2 rings (SSSR count). The van der Waals surface area contributed by atoms with Crippen LogP contribution in [0.25, 0.3) is 0 Å². The molecule has 0 aliphatic rings. The Bertz CT molecular complexity index is 714. The smallest absolute Gasteiger partial charge is 0.0864 e. The van der Waals surface area contributed by atoms with E-state index in [0.29, 0.717) is 11.8 Å². The highest BCUT2D eigenvalue weighted by Gasteiger charge is 2.15. The lowest BCUT2D eigenvalue weighted by atomic mass is 9.91. The molecule has 0 fully saturated rings. The van der Waals surface area contributed by atoms with E-state index in [1.165, 1.54) is 41.6 Å². The number of nitrogens with one attached hydrogen (secondary N) is 1. The normalized spacial score (nSPS) is 11.7. The number of aryl methyl sites for hydroxylation is 1. The molecule has 1 N–H and O–H groups in total. The van der Waals surface area contributed by atoms with Crippen LogP contribution in [0.5, 0.6) is 0 Å². The van der Waals surface area contributed by atoms with Crippen molar-refractivity contribution >= 4 is 17.1 Å². The summed E-state index contributed by atoms with van der Waals surface area (Å²) >= 11 is 0. The van der Waals surface area contributed by atoms with Crippen LogP contribution in [-0.2, 0) is 0 Å². The van der Waals surface area contributed by atoms with Crippen molar-refractivity contribution in [2.75, 3.05) is 11.9 Å². The summed E-state index contributed by atoms with van der Waals surface area (Å²) in [4.78, 5) is 0. The predicted octanol–water partition coefficient (Wildman–Crippen LogP) is 8.26. The molecule has 0 aliphatic heterocycles. The molecule has 0 bridgehead atoms. The lowest BCUT2D eigenvalue weighted by molar-refractivity contribution is 0.739. The molecule has 0 spiro atoms. The Labute approximate surface area is 165 Å². The summed E-state index contributed by atoms with van der Waals surface area (Å²) in [6.45, 7) is 14.3. The maximum Gasteiger partial charge on any atom is 0.0864 e. The maximum atomic E-state index is 4.54. The molecule has 3 heteroatoms. The molecule has 0 amide bonds. The largest absolute Gasteiger partial charge is 0.385 e. The topological polar surface area (TPSA) is 36.8 Å². The summed E-state index contributed by atoms with van der Waals surface area (Å²) in [7, 11) is 0. The Balaban J connectivity index is 2.34. The summed E-state index contributed by atoms with van der Waals surface area (Å²) in [6, 6.07) is 12.5. The predicted molar refractivity (Wildman–Crippen MR) is 118 cm³/mol. The number of unbranched alkanes of at least 4 members (excludes halogenated alkanes) is 2. The monoisotopic (exact) mass is 365 g/mol. The van der Waals surface area contributed by atoms with Gasteiger partial charge in [-0.3, -0.25) is 0 Å². The molecule has 0 saturated carbocycles. The van der Waals surface area contributed by atoms with E-state index in [1.807, 2.05) is 12.1 Å². The van der Waals surface area contributed by atoms with E-state index in [-0.39, 0.29) is 0 Å². The van der Waals surface area contributed by atoms with Crippen molar-refractivity contribution in [2.45, 2.75) is 72.6 Å². The zero-order valence-corrected chi connectivity index (χ0v) is 17.8. The average Bonchev–Trinajstić information content (AvgIpc) is 2.64. The number of benzene rings is 2. The first-order valence-corrected chi connectivity index (χ1v) is 10.3. The number of anilines is 1. The second-order valence-corrected chi connectivity index (χ2v) is 7.98. The number of hydrogen-bond acceptors (Lipinski definition) is 3. The van der Waals surface area contributed by atoms with Gasteiger partial charge < -0.3 is 5.32 Å². The third-order valence-corrected chi connectivity index (χ3v) is 4.83. The van der Waals surface area contributed by atoms with Crippen molar-refractivity contribution in [1.29, 1.82) is 0 Å². The highest BCUT2D eigenvalue weighted by Crippen LogP contribution is 2.37. The highest BCUT2D eigenvalue weighted by molar-refractivity contribution is 5.65. The molecule has 2 aromatic rings. The minimum atomic E-state index is 0.436. The third-order valence-electron chi connectivity index (χ3n) is 4.83. The molecule has 0 aliphatic carbocycles. The SMILES string of the molecule is CCCCCNc1c(C(C)C)cc(N=Nc2ccc(C)cc2)cc1C(C)C. The fourth-order valence-electron chi connectivity index (χ4n) is 3.16.